The van der Waals surface area contributed by atoms with E-state index in [1.807, 2.05) is 39.0 Å². The summed E-state index contributed by atoms with van der Waals surface area (Å²) in [5, 5.41) is 8.03. The number of hydrogen-bond acceptors (Lipinski definition) is 4. The Morgan fingerprint density at radius 3 is 2.50 bits per heavy atom. The molecule has 0 saturated carbocycles. The highest BCUT2D eigenvalue weighted by atomic mass is 16.5. The van der Waals surface area contributed by atoms with E-state index < -0.39 is 0 Å². The minimum atomic E-state index is -0.337. The van der Waals surface area contributed by atoms with Crippen molar-refractivity contribution in [3.63, 3.8) is 0 Å². The molecule has 1 aliphatic rings. The summed E-state index contributed by atoms with van der Waals surface area (Å²) in [6.07, 6.45) is 1.90. The summed E-state index contributed by atoms with van der Waals surface area (Å²) >= 11 is 0. The van der Waals surface area contributed by atoms with Crippen LogP contribution in [0.15, 0.2) is 46.3 Å². The Labute approximate surface area is 106 Å². The molecule has 0 saturated heterocycles. The molecule has 4 heteroatoms. The van der Waals surface area contributed by atoms with Gasteiger partial charge < -0.3 is 4.74 Å². The number of carbonyl (C=O) groups is 1. The second-order valence-electron chi connectivity index (χ2n) is 4.93. The molecule has 0 bridgehead atoms. The summed E-state index contributed by atoms with van der Waals surface area (Å²) in [7, 11) is 0. The predicted molar refractivity (Wildman–Crippen MR) is 68.5 cm³/mol. The average Bonchev–Trinajstić information content (AvgIpc) is 2.67. The lowest BCUT2D eigenvalue weighted by molar-refractivity contribution is 0.0539. The van der Waals surface area contributed by atoms with Crippen molar-refractivity contribution in [1.82, 2.24) is 0 Å². The third-order valence-corrected chi connectivity index (χ3v) is 2.59. The van der Waals surface area contributed by atoms with Gasteiger partial charge in [-0.3, -0.25) is 0 Å². The van der Waals surface area contributed by atoms with Crippen LogP contribution in [0.1, 0.15) is 29.8 Å². The number of esters is 1. The first-order valence-electron chi connectivity index (χ1n) is 5.85. The number of benzene rings is 1. The summed E-state index contributed by atoms with van der Waals surface area (Å²) in [5.74, 6) is -0.337. The minimum Gasteiger partial charge on any atom is -0.456 e. The van der Waals surface area contributed by atoms with E-state index in [1.165, 1.54) is 0 Å². The van der Waals surface area contributed by atoms with E-state index in [-0.39, 0.29) is 18.1 Å². The quantitative estimate of drug-likeness (QED) is 0.766. The minimum absolute atomic E-state index is 0.166. The Hall–Kier alpha value is -1.97. The van der Waals surface area contributed by atoms with Gasteiger partial charge in [0.1, 0.15) is 6.61 Å². The molecule has 0 amide bonds. The van der Waals surface area contributed by atoms with Crippen LogP contribution in [0.2, 0.25) is 0 Å². The van der Waals surface area contributed by atoms with Crippen LogP contribution in [0.3, 0.4) is 0 Å². The second-order valence-corrected chi connectivity index (χ2v) is 4.93. The first kappa shape index (κ1) is 12.5. The number of nitrogens with zero attached hydrogens (tertiary/aromatic N) is 2. The van der Waals surface area contributed by atoms with E-state index in [2.05, 4.69) is 10.2 Å². The lowest BCUT2D eigenvalue weighted by Gasteiger charge is -2.06. The predicted octanol–water partition coefficient (Wildman–Crippen LogP) is 3.28. The van der Waals surface area contributed by atoms with Gasteiger partial charge in [-0.25, -0.2) is 4.79 Å². The molecule has 18 heavy (non-hydrogen) atoms. The van der Waals surface area contributed by atoms with Crippen LogP contribution < -0.4 is 0 Å². The maximum atomic E-state index is 11.8. The molecular weight excluding hydrogens is 228 g/mol. The molecule has 1 aliphatic heterocycles. The smallest absolute Gasteiger partial charge is 0.338 e. The fourth-order valence-corrected chi connectivity index (χ4v) is 1.64. The van der Waals surface area contributed by atoms with Crippen LogP contribution in [0.25, 0.3) is 0 Å². The van der Waals surface area contributed by atoms with Gasteiger partial charge in [-0.2, -0.15) is 10.2 Å². The Balaban J connectivity index is 1.94. The van der Waals surface area contributed by atoms with Crippen molar-refractivity contribution in [3.05, 3.63) is 47.2 Å². The molecule has 0 aliphatic carbocycles. The van der Waals surface area contributed by atoms with Gasteiger partial charge in [0.05, 0.1) is 16.8 Å². The van der Waals surface area contributed by atoms with Gasteiger partial charge in [0.25, 0.3) is 0 Å². The third kappa shape index (κ3) is 3.03. The molecule has 94 valence electrons. The number of azo groups is 1. The Morgan fingerprint density at radius 1 is 1.28 bits per heavy atom. The maximum Gasteiger partial charge on any atom is 0.338 e. The van der Waals surface area contributed by atoms with Gasteiger partial charge >= 0.3 is 5.97 Å². The molecular formula is C14H16N2O2. The highest BCUT2D eigenvalue weighted by Crippen LogP contribution is 2.22. The molecule has 1 aromatic rings. The van der Waals surface area contributed by atoms with E-state index in [0.29, 0.717) is 11.3 Å². The highest BCUT2D eigenvalue weighted by molar-refractivity contribution is 5.89. The van der Waals surface area contributed by atoms with Crippen molar-refractivity contribution in [2.75, 3.05) is 6.61 Å². The van der Waals surface area contributed by atoms with Crippen LogP contribution in [-0.2, 0) is 4.74 Å². The zero-order chi connectivity index (χ0) is 13.2. The van der Waals surface area contributed by atoms with Crippen molar-refractivity contribution in [2.45, 2.75) is 26.3 Å². The summed E-state index contributed by atoms with van der Waals surface area (Å²) in [6.45, 7) is 6.04. The molecule has 0 spiro atoms. The van der Waals surface area contributed by atoms with E-state index in [4.69, 9.17) is 4.74 Å². The van der Waals surface area contributed by atoms with Crippen molar-refractivity contribution < 1.29 is 9.53 Å². The molecule has 4 nitrogen and oxygen atoms in total. The monoisotopic (exact) mass is 244 g/mol. The lowest BCUT2D eigenvalue weighted by Crippen LogP contribution is -2.10. The van der Waals surface area contributed by atoms with Gasteiger partial charge in [0.2, 0.25) is 0 Å². The molecule has 0 fully saturated rings. The van der Waals surface area contributed by atoms with Gasteiger partial charge in [-0.1, -0.05) is 17.7 Å². The van der Waals surface area contributed by atoms with Gasteiger partial charge in [0, 0.05) is 0 Å². The van der Waals surface area contributed by atoms with Crippen LogP contribution in [0, 0.1) is 6.92 Å². The Morgan fingerprint density at radius 2 is 1.94 bits per heavy atom. The molecule has 0 radical (unpaired) electrons. The lowest BCUT2D eigenvalue weighted by atomic mass is 10.1. The van der Waals surface area contributed by atoms with Crippen LogP contribution in [0.4, 0.5) is 0 Å². The number of rotatable bonds is 3. The Bertz CT molecular complexity index is 513. The van der Waals surface area contributed by atoms with Crippen LogP contribution >= 0.6 is 0 Å². The van der Waals surface area contributed by atoms with Crippen LogP contribution in [-0.4, -0.2) is 18.1 Å². The van der Waals surface area contributed by atoms with Crippen molar-refractivity contribution >= 4 is 5.97 Å². The largest absolute Gasteiger partial charge is 0.456 e. The molecule has 0 atom stereocenters. The highest BCUT2D eigenvalue weighted by Gasteiger charge is 2.21. The number of aryl methyl sites for hydroxylation is 1. The fraction of sp³-hybridized carbons (Fsp3) is 0.357. The third-order valence-electron chi connectivity index (χ3n) is 2.59. The van der Waals surface area contributed by atoms with E-state index >= 15 is 0 Å². The first-order chi connectivity index (χ1) is 8.46. The molecule has 2 rings (SSSR count). The second kappa shape index (κ2) is 4.72. The van der Waals surface area contributed by atoms with E-state index in [0.717, 1.165) is 5.56 Å². The molecule has 0 unspecified atom stereocenters. The summed E-state index contributed by atoms with van der Waals surface area (Å²) < 4.78 is 5.18. The molecule has 1 heterocycles. The van der Waals surface area contributed by atoms with Crippen LogP contribution in [0.5, 0.6) is 0 Å². The number of carbonyl (C=O) groups excluding carboxylic acids is 1. The molecule has 1 aromatic carbocycles. The summed E-state index contributed by atoms with van der Waals surface area (Å²) in [5.41, 5.74) is 2.07. The van der Waals surface area contributed by atoms with Gasteiger partial charge in [0.15, 0.2) is 0 Å². The number of hydrogen-bond donors (Lipinski definition) is 0. The normalized spacial score (nSPS) is 16.5. The summed E-state index contributed by atoms with van der Waals surface area (Å²) in [6, 6.07) is 7.28. The maximum absolute atomic E-state index is 11.8. The molecule has 0 N–H and O–H groups in total. The number of ether oxygens (including phenoxy) is 1. The van der Waals surface area contributed by atoms with Crippen molar-refractivity contribution in [1.29, 1.82) is 0 Å². The molecule has 0 aromatic heterocycles. The van der Waals surface area contributed by atoms with Gasteiger partial charge in [-0.15, -0.1) is 0 Å². The zero-order valence-corrected chi connectivity index (χ0v) is 10.8. The Kier molecular flexibility index (Phi) is 3.28. The standard InChI is InChI=1S/C14H16N2O2/c1-10-4-6-11(7-5-10)13(17)18-9-12-8-14(2,3)16-15-12/h4-8H,9H2,1-3H3. The van der Waals surface area contributed by atoms with Crippen molar-refractivity contribution in [3.8, 4) is 0 Å². The fourth-order valence-electron chi connectivity index (χ4n) is 1.64. The topological polar surface area (TPSA) is 51.0 Å². The first-order valence-corrected chi connectivity index (χ1v) is 5.85. The van der Waals surface area contributed by atoms with E-state index in [1.54, 1.807) is 12.1 Å². The summed E-state index contributed by atoms with van der Waals surface area (Å²) in [4.78, 5) is 11.8. The zero-order valence-electron chi connectivity index (χ0n) is 10.8. The average molecular weight is 244 g/mol. The SMILES string of the molecule is Cc1ccc(C(=O)OCC2=CC(C)(C)N=N2)cc1. The van der Waals surface area contributed by atoms with Gasteiger partial charge in [-0.05, 0) is 39.0 Å². The van der Waals surface area contributed by atoms with Crippen molar-refractivity contribution in [2.24, 2.45) is 10.2 Å². The van der Waals surface area contributed by atoms with E-state index in [9.17, 15) is 4.79 Å².